The quantitative estimate of drug-likeness (QED) is 0.877. The fraction of sp³-hybridized carbons (Fsp3) is 0.500. The summed E-state index contributed by atoms with van der Waals surface area (Å²) in [5.74, 6) is 1.35. The first kappa shape index (κ1) is 13.9. The maximum atomic E-state index is 9.52. The molecule has 0 atom stereocenters. The van der Waals surface area contributed by atoms with Gasteiger partial charge in [0.2, 0.25) is 0 Å². The molecule has 0 aliphatic heterocycles. The number of phenols is 2. The third kappa shape index (κ3) is 3.01. The molecule has 2 N–H and O–H groups in total. The van der Waals surface area contributed by atoms with E-state index < -0.39 is 0 Å². The van der Waals surface area contributed by atoms with Crippen LogP contribution in [0.1, 0.15) is 51.3 Å². The first-order valence-corrected chi connectivity index (χ1v) is 7.30. The van der Waals surface area contributed by atoms with Crippen molar-refractivity contribution in [2.24, 2.45) is 5.41 Å². The van der Waals surface area contributed by atoms with Gasteiger partial charge in [-0.2, -0.15) is 4.98 Å². The van der Waals surface area contributed by atoms with Gasteiger partial charge in [0.1, 0.15) is 11.5 Å². The normalized spacial score (nSPS) is 18.8. The fourth-order valence-electron chi connectivity index (χ4n) is 2.89. The summed E-state index contributed by atoms with van der Waals surface area (Å²) in [7, 11) is 0. The van der Waals surface area contributed by atoms with Crippen LogP contribution in [0.25, 0.3) is 11.5 Å². The van der Waals surface area contributed by atoms with E-state index in [1.165, 1.54) is 18.2 Å². The minimum absolute atomic E-state index is 0.0239. The number of phenolic OH excluding ortho intramolecular Hbond substituents is 2. The average Bonchev–Trinajstić information content (AvgIpc) is 2.87. The summed E-state index contributed by atoms with van der Waals surface area (Å²) < 4.78 is 5.28. The molecule has 21 heavy (non-hydrogen) atoms. The van der Waals surface area contributed by atoms with E-state index in [0.717, 1.165) is 31.5 Å². The maximum Gasteiger partial charge on any atom is 0.258 e. The van der Waals surface area contributed by atoms with Crippen LogP contribution in [0.2, 0.25) is 0 Å². The number of aromatic hydroxyl groups is 2. The van der Waals surface area contributed by atoms with Crippen LogP contribution in [-0.4, -0.2) is 20.4 Å². The summed E-state index contributed by atoms with van der Waals surface area (Å²) in [6.45, 7) is 4.58. The maximum absolute atomic E-state index is 9.52. The zero-order chi connectivity index (χ0) is 15.0. The highest BCUT2D eigenvalue weighted by Crippen LogP contribution is 2.42. The van der Waals surface area contributed by atoms with Gasteiger partial charge in [-0.05, 0) is 43.2 Å². The van der Waals surface area contributed by atoms with Crippen LogP contribution in [0.3, 0.4) is 0 Å². The SMILES string of the molecule is CC1(C)CCC(c2noc(-c3cc(O)cc(O)c3)n2)CC1. The lowest BCUT2D eigenvalue weighted by molar-refractivity contribution is 0.218. The summed E-state index contributed by atoms with van der Waals surface area (Å²) in [4.78, 5) is 4.43. The second-order valence-corrected chi connectivity index (χ2v) is 6.63. The Hall–Kier alpha value is -2.04. The van der Waals surface area contributed by atoms with E-state index in [4.69, 9.17) is 4.52 Å². The largest absolute Gasteiger partial charge is 0.508 e. The van der Waals surface area contributed by atoms with Gasteiger partial charge < -0.3 is 14.7 Å². The van der Waals surface area contributed by atoms with Gasteiger partial charge >= 0.3 is 0 Å². The van der Waals surface area contributed by atoms with Crippen molar-refractivity contribution in [1.29, 1.82) is 0 Å². The molecule has 5 nitrogen and oxygen atoms in total. The molecule has 1 aliphatic carbocycles. The Morgan fingerprint density at radius 2 is 1.71 bits per heavy atom. The third-order valence-electron chi connectivity index (χ3n) is 4.30. The summed E-state index contributed by atoms with van der Waals surface area (Å²) in [6, 6.07) is 4.27. The van der Waals surface area contributed by atoms with Crippen molar-refractivity contribution in [2.75, 3.05) is 0 Å². The fourth-order valence-corrected chi connectivity index (χ4v) is 2.89. The number of aromatic nitrogens is 2. The first-order chi connectivity index (χ1) is 9.93. The minimum Gasteiger partial charge on any atom is -0.508 e. The third-order valence-corrected chi connectivity index (χ3v) is 4.30. The van der Waals surface area contributed by atoms with Crippen molar-refractivity contribution in [3.63, 3.8) is 0 Å². The molecule has 0 bridgehead atoms. The first-order valence-electron chi connectivity index (χ1n) is 7.30. The monoisotopic (exact) mass is 288 g/mol. The second-order valence-electron chi connectivity index (χ2n) is 6.63. The van der Waals surface area contributed by atoms with Gasteiger partial charge in [-0.15, -0.1) is 0 Å². The number of benzene rings is 1. The molecule has 1 aromatic carbocycles. The predicted octanol–water partition coefficient (Wildman–Crippen LogP) is 3.83. The zero-order valence-electron chi connectivity index (χ0n) is 12.3. The van der Waals surface area contributed by atoms with E-state index in [1.54, 1.807) is 0 Å². The van der Waals surface area contributed by atoms with E-state index in [2.05, 4.69) is 24.0 Å². The lowest BCUT2D eigenvalue weighted by Crippen LogP contribution is -2.20. The Morgan fingerprint density at radius 1 is 1.10 bits per heavy atom. The molecule has 3 rings (SSSR count). The second kappa shape index (κ2) is 5.06. The average molecular weight is 288 g/mol. The van der Waals surface area contributed by atoms with Crippen LogP contribution < -0.4 is 0 Å². The smallest absolute Gasteiger partial charge is 0.258 e. The minimum atomic E-state index is -0.0239. The van der Waals surface area contributed by atoms with E-state index in [0.29, 0.717) is 22.8 Å². The topological polar surface area (TPSA) is 79.4 Å². The highest BCUT2D eigenvalue weighted by atomic mass is 16.5. The highest BCUT2D eigenvalue weighted by Gasteiger charge is 2.30. The summed E-state index contributed by atoms with van der Waals surface area (Å²) in [6.07, 6.45) is 4.46. The number of rotatable bonds is 2. The van der Waals surface area contributed by atoms with Gasteiger partial charge in [-0.1, -0.05) is 19.0 Å². The Balaban J connectivity index is 1.80. The number of hydrogen-bond donors (Lipinski definition) is 2. The van der Waals surface area contributed by atoms with Crippen LogP contribution in [0.4, 0.5) is 0 Å². The lowest BCUT2D eigenvalue weighted by Gasteiger charge is -2.32. The Labute approximate surface area is 123 Å². The Kier molecular flexibility index (Phi) is 3.35. The molecule has 5 heteroatoms. The molecular formula is C16H20N2O3. The van der Waals surface area contributed by atoms with Crippen molar-refractivity contribution in [2.45, 2.75) is 45.4 Å². The predicted molar refractivity (Wildman–Crippen MR) is 78.1 cm³/mol. The Morgan fingerprint density at radius 3 is 2.33 bits per heavy atom. The van der Waals surface area contributed by atoms with Gasteiger partial charge in [0, 0.05) is 17.5 Å². The molecule has 1 fully saturated rings. The van der Waals surface area contributed by atoms with Gasteiger partial charge in [-0.3, -0.25) is 0 Å². The van der Waals surface area contributed by atoms with Crippen molar-refractivity contribution in [3.05, 3.63) is 24.0 Å². The molecule has 2 aromatic rings. The standard InChI is InChI=1S/C16H20N2O3/c1-16(2)5-3-10(4-6-16)14-17-15(21-18-14)11-7-12(19)9-13(20)8-11/h7-10,19-20H,3-6H2,1-2H3. The lowest BCUT2D eigenvalue weighted by atomic mass is 9.73. The van der Waals surface area contributed by atoms with Gasteiger partial charge in [0.15, 0.2) is 5.82 Å². The molecule has 0 amide bonds. The van der Waals surface area contributed by atoms with Crippen LogP contribution >= 0.6 is 0 Å². The van der Waals surface area contributed by atoms with E-state index in [-0.39, 0.29) is 11.5 Å². The number of hydrogen-bond acceptors (Lipinski definition) is 5. The Bertz CT molecular complexity index is 618. The van der Waals surface area contributed by atoms with Crippen molar-refractivity contribution in [3.8, 4) is 23.0 Å². The number of nitrogens with zero attached hydrogens (tertiary/aromatic N) is 2. The van der Waals surface area contributed by atoms with Crippen LogP contribution in [-0.2, 0) is 0 Å². The van der Waals surface area contributed by atoms with Crippen molar-refractivity contribution < 1.29 is 14.7 Å². The molecule has 0 unspecified atom stereocenters. The highest BCUT2D eigenvalue weighted by molar-refractivity contribution is 5.58. The van der Waals surface area contributed by atoms with E-state index in [9.17, 15) is 10.2 Å². The summed E-state index contributed by atoms with van der Waals surface area (Å²) in [5, 5.41) is 23.1. The molecule has 1 heterocycles. The van der Waals surface area contributed by atoms with Gasteiger partial charge in [-0.25, -0.2) is 0 Å². The zero-order valence-corrected chi connectivity index (χ0v) is 12.3. The summed E-state index contributed by atoms with van der Waals surface area (Å²) >= 11 is 0. The van der Waals surface area contributed by atoms with E-state index in [1.807, 2.05) is 0 Å². The molecule has 0 radical (unpaired) electrons. The molecule has 1 aliphatic rings. The molecular weight excluding hydrogens is 268 g/mol. The van der Waals surface area contributed by atoms with E-state index >= 15 is 0 Å². The van der Waals surface area contributed by atoms with Crippen LogP contribution in [0.5, 0.6) is 11.5 Å². The molecule has 1 aromatic heterocycles. The van der Waals surface area contributed by atoms with Crippen molar-refractivity contribution >= 4 is 0 Å². The van der Waals surface area contributed by atoms with Crippen molar-refractivity contribution in [1.82, 2.24) is 10.1 Å². The molecule has 0 saturated heterocycles. The van der Waals surface area contributed by atoms with Crippen LogP contribution in [0, 0.1) is 5.41 Å². The summed E-state index contributed by atoms with van der Waals surface area (Å²) in [5.41, 5.74) is 0.933. The van der Waals surface area contributed by atoms with Gasteiger partial charge in [0.05, 0.1) is 0 Å². The molecule has 1 saturated carbocycles. The van der Waals surface area contributed by atoms with Crippen LogP contribution in [0.15, 0.2) is 22.7 Å². The molecule has 0 spiro atoms. The molecule has 112 valence electrons. The van der Waals surface area contributed by atoms with Gasteiger partial charge in [0.25, 0.3) is 5.89 Å².